The lowest BCUT2D eigenvalue weighted by Gasteiger charge is -2.25. The molecule has 0 saturated carbocycles. The van der Waals surface area contributed by atoms with Crippen molar-refractivity contribution in [3.05, 3.63) is 5.82 Å². The second-order valence-corrected chi connectivity index (χ2v) is 4.92. The fourth-order valence-corrected chi connectivity index (χ4v) is 2.63. The highest BCUT2D eigenvalue weighted by atomic mass is 35.5. The standard InChI is InChI=1S/C9H17N5OS.ClH/c1-15-5-2-14-9(10-11-12-14)8-13-3-6-16-7-4-13;/h2-8H2,1H3;1H. The van der Waals surface area contributed by atoms with Crippen LogP contribution in [-0.2, 0) is 17.8 Å². The number of nitrogens with zero attached hydrogens (tertiary/aromatic N) is 5. The Morgan fingerprint density at radius 3 is 2.82 bits per heavy atom. The predicted octanol–water partition coefficient (Wildman–Crippen LogP) is 0.290. The summed E-state index contributed by atoms with van der Waals surface area (Å²) in [6.45, 7) is 4.47. The lowest BCUT2D eigenvalue weighted by molar-refractivity contribution is 0.179. The normalized spacial score (nSPS) is 16.8. The van der Waals surface area contributed by atoms with E-state index in [9.17, 15) is 0 Å². The second-order valence-electron chi connectivity index (χ2n) is 3.70. The van der Waals surface area contributed by atoms with Crippen molar-refractivity contribution in [1.29, 1.82) is 0 Å². The van der Waals surface area contributed by atoms with Gasteiger partial charge >= 0.3 is 0 Å². The Kier molecular flexibility index (Phi) is 6.79. The molecule has 0 unspecified atom stereocenters. The summed E-state index contributed by atoms with van der Waals surface area (Å²) in [4.78, 5) is 2.39. The number of thioether (sulfide) groups is 1. The molecule has 1 fully saturated rings. The quantitative estimate of drug-likeness (QED) is 0.772. The summed E-state index contributed by atoms with van der Waals surface area (Å²) in [6, 6.07) is 0. The Hall–Kier alpha value is -0.370. The van der Waals surface area contributed by atoms with Gasteiger partial charge in [-0.05, 0) is 10.4 Å². The molecule has 8 heteroatoms. The van der Waals surface area contributed by atoms with Crippen molar-refractivity contribution >= 4 is 24.2 Å². The van der Waals surface area contributed by atoms with Gasteiger partial charge in [0.2, 0.25) is 0 Å². The molecular formula is C9H18ClN5OS. The maximum Gasteiger partial charge on any atom is 0.165 e. The Balaban J connectivity index is 0.00000144. The van der Waals surface area contributed by atoms with Crippen LogP contribution in [0.1, 0.15) is 5.82 Å². The van der Waals surface area contributed by atoms with Gasteiger partial charge in [-0.25, -0.2) is 4.68 Å². The van der Waals surface area contributed by atoms with Gasteiger partial charge in [0.05, 0.1) is 19.7 Å². The second kappa shape index (κ2) is 7.86. The van der Waals surface area contributed by atoms with Crippen molar-refractivity contribution in [2.45, 2.75) is 13.1 Å². The number of halogens is 1. The summed E-state index contributed by atoms with van der Waals surface area (Å²) >= 11 is 2.01. The van der Waals surface area contributed by atoms with Gasteiger partial charge < -0.3 is 4.74 Å². The first-order valence-corrected chi connectivity index (χ1v) is 6.59. The lowest BCUT2D eigenvalue weighted by Crippen LogP contribution is -2.33. The molecule has 0 N–H and O–H groups in total. The van der Waals surface area contributed by atoms with Crippen LogP contribution in [0.2, 0.25) is 0 Å². The van der Waals surface area contributed by atoms with Crippen molar-refractivity contribution in [2.75, 3.05) is 38.3 Å². The van der Waals surface area contributed by atoms with Crippen LogP contribution < -0.4 is 0 Å². The Labute approximate surface area is 111 Å². The molecule has 0 radical (unpaired) electrons. The Bertz CT molecular complexity index is 318. The summed E-state index contributed by atoms with van der Waals surface area (Å²) in [7, 11) is 1.69. The maximum absolute atomic E-state index is 5.03. The van der Waals surface area contributed by atoms with Crippen LogP contribution in [0.25, 0.3) is 0 Å². The minimum absolute atomic E-state index is 0. The number of ether oxygens (including phenoxy) is 1. The molecule has 6 nitrogen and oxygen atoms in total. The zero-order chi connectivity index (χ0) is 11.2. The number of hydrogen-bond donors (Lipinski definition) is 0. The van der Waals surface area contributed by atoms with E-state index in [4.69, 9.17) is 4.74 Å². The molecule has 98 valence electrons. The van der Waals surface area contributed by atoms with E-state index in [1.54, 1.807) is 7.11 Å². The number of tetrazole rings is 1. The SMILES string of the molecule is COCCn1nnnc1CN1CCSCC1.Cl. The highest BCUT2D eigenvalue weighted by molar-refractivity contribution is 7.99. The molecule has 0 amide bonds. The predicted molar refractivity (Wildman–Crippen MR) is 69.5 cm³/mol. The van der Waals surface area contributed by atoms with Gasteiger partial charge in [-0.3, -0.25) is 4.90 Å². The average Bonchev–Trinajstić information content (AvgIpc) is 2.75. The number of rotatable bonds is 5. The van der Waals surface area contributed by atoms with E-state index >= 15 is 0 Å². The number of hydrogen-bond acceptors (Lipinski definition) is 6. The smallest absolute Gasteiger partial charge is 0.165 e. The summed E-state index contributed by atoms with van der Waals surface area (Å²) < 4.78 is 6.85. The lowest BCUT2D eigenvalue weighted by atomic mass is 10.4. The molecule has 0 aliphatic carbocycles. The van der Waals surface area contributed by atoms with E-state index in [1.165, 1.54) is 11.5 Å². The summed E-state index contributed by atoms with van der Waals surface area (Å²) in [6.07, 6.45) is 0. The van der Waals surface area contributed by atoms with E-state index in [1.807, 2.05) is 16.4 Å². The molecule has 0 atom stereocenters. The van der Waals surface area contributed by atoms with Gasteiger partial charge in [0, 0.05) is 31.7 Å². The topological polar surface area (TPSA) is 56.1 Å². The molecule has 1 aliphatic heterocycles. The minimum Gasteiger partial charge on any atom is -0.383 e. The van der Waals surface area contributed by atoms with Crippen LogP contribution in [0, 0.1) is 0 Å². The fraction of sp³-hybridized carbons (Fsp3) is 0.889. The van der Waals surface area contributed by atoms with E-state index < -0.39 is 0 Å². The van der Waals surface area contributed by atoms with Crippen LogP contribution in [0.15, 0.2) is 0 Å². The van der Waals surface area contributed by atoms with Crippen LogP contribution in [0.3, 0.4) is 0 Å². The Morgan fingerprint density at radius 2 is 2.12 bits per heavy atom. The van der Waals surface area contributed by atoms with E-state index in [-0.39, 0.29) is 12.4 Å². The molecule has 1 aromatic rings. The third-order valence-corrected chi connectivity index (χ3v) is 3.52. The zero-order valence-corrected chi connectivity index (χ0v) is 11.5. The first kappa shape index (κ1) is 14.7. The first-order valence-electron chi connectivity index (χ1n) is 5.44. The van der Waals surface area contributed by atoms with Gasteiger partial charge in [-0.1, -0.05) is 0 Å². The van der Waals surface area contributed by atoms with Gasteiger partial charge in [-0.15, -0.1) is 17.5 Å². The third kappa shape index (κ3) is 4.42. The summed E-state index contributed by atoms with van der Waals surface area (Å²) in [5.41, 5.74) is 0. The molecule has 1 aliphatic rings. The number of aromatic nitrogens is 4. The van der Waals surface area contributed by atoms with Crippen LogP contribution in [0.4, 0.5) is 0 Å². The molecule has 1 saturated heterocycles. The van der Waals surface area contributed by atoms with E-state index in [0.29, 0.717) is 6.61 Å². The van der Waals surface area contributed by atoms with Gasteiger partial charge in [0.25, 0.3) is 0 Å². The highest BCUT2D eigenvalue weighted by Crippen LogP contribution is 2.11. The average molecular weight is 280 g/mol. The van der Waals surface area contributed by atoms with Crippen molar-refractivity contribution in [2.24, 2.45) is 0 Å². The Morgan fingerprint density at radius 1 is 1.35 bits per heavy atom. The maximum atomic E-state index is 5.03. The summed E-state index contributed by atoms with van der Waals surface area (Å²) in [5, 5.41) is 11.7. The molecule has 17 heavy (non-hydrogen) atoms. The van der Waals surface area contributed by atoms with E-state index in [2.05, 4.69) is 20.4 Å². The monoisotopic (exact) mass is 279 g/mol. The molecule has 0 aromatic carbocycles. The fourth-order valence-electron chi connectivity index (χ4n) is 1.65. The van der Waals surface area contributed by atoms with Crippen molar-refractivity contribution in [3.8, 4) is 0 Å². The highest BCUT2D eigenvalue weighted by Gasteiger charge is 2.14. The molecule has 2 rings (SSSR count). The molecule has 2 heterocycles. The molecule has 0 bridgehead atoms. The zero-order valence-electron chi connectivity index (χ0n) is 9.91. The molecular weight excluding hydrogens is 262 g/mol. The van der Waals surface area contributed by atoms with Crippen molar-refractivity contribution < 1.29 is 4.74 Å². The van der Waals surface area contributed by atoms with Crippen molar-refractivity contribution in [1.82, 2.24) is 25.1 Å². The minimum atomic E-state index is 0. The van der Waals surface area contributed by atoms with Crippen LogP contribution in [-0.4, -0.2) is 63.4 Å². The van der Waals surface area contributed by atoms with Crippen LogP contribution >= 0.6 is 24.2 Å². The van der Waals surface area contributed by atoms with Crippen molar-refractivity contribution in [3.63, 3.8) is 0 Å². The van der Waals surface area contributed by atoms with Gasteiger partial charge in [0.15, 0.2) is 5.82 Å². The largest absolute Gasteiger partial charge is 0.383 e. The molecule has 0 spiro atoms. The third-order valence-electron chi connectivity index (χ3n) is 2.58. The first-order chi connectivity index (χ1) is 7.90. The number of methoxy groups -OCH3 is 1. The van der Waals surface area contributed by atoms with Gasteiger partial charge in [-0.2, -0.15) is 11.8 Å². The van der Waals surface area contributed by atoms with E-state index in [0.717, 1.165) is 32.0 Å². The summed E-state index contributed by atoms with van der Waals surface area (Å²) in [5.74, 6) is 3.35. The van der Waals surface area contributed by atoms with Crippen LogP contribution in [0.5, 0.6) is 0 Å². The van der Waals surface area contributed by atoms with Gasteiger partial charge in [0.1, 0.15) is 0 Å². The molecule has 1 aromatic heterocycles.